The van der Waals surface area contributed by atoms with E-state index in [9.17, 15) is 8.42 Å². The van der Waals surface area contributed by atoms with Crippen LogP contribution in [0.5, 0.6) is 0 Å². The molecule has 0 saturated carbocycles. The van der Waals surface area contributed by atoms with Gasteiger partial charge in [-0.25, -0.2) is 0 Å². The number of nitrogens with zero attached hydrogens (tertiary/aromatic N) is 1. The maximum atomic E-state index is 12.1. The van der Waals surface area contributed by atoms with E-state index in [0.717, 1.165) is 6.54 Å². The Hall–Kier alpha value is -0.0500. The van der Waals surface area contributed by atoms with Crippen molar-refractivity contribution in [3.8, 4) is 0 Å². The zero-order chi connectivity index (χ0) is 15.3. The smallest absolute Gasteiger partial charge is 0.301 e. The van der Waals surface area contributed by atoms with E-state index >= 15 is 0 Å². The normalized spacial score (nSPS) is 11.9. The predicted molar refractivity (Wildman–Crippen MR) is 87.9 cm³/mol. The van der Waals surface area contributed by atoms with Crippen LogP contribution in [0.4, 0.5) is 5.69 Å². The molecule has 5 nitrogen and oxygen atoms in total. The van der Waals surface area contributed by atoms with Gasteiger partial charge in [0.25, 0.3) is 0 Å². The third-order valence-corrected chi connectivity index (χ3v) is 5.84. The van der Waals surface area contributed by atoms with Gasteiger partial charge in [-0.2, -0.15) is 12.7 Å². The highest BCUT2D eigenvalue weighted by atomic mass is 79.9. The molecule has 0 fully saturated rings. The molecule has 0 bridgehead atoms. The van der Waals surface area contributed by atoms with E-state index in [4.69, 9.17) is 23.2 Å². The Balaban J connectivity index is 2.83. The summed E-state index contributed by atoms with van der Waals surface area (Å²) in [5.41, 5.74) is 0.250. The van der Waals surface area contributed by atoms with Crippen molar-refractivity contribution in [2.75, 3.05) is 31.9 Å². The SMILES string of the molecule is CNCCCN(C)S(=O)(=O)Nc1ccc(Br)c(Cl)c1Cl. The molecule has 0 aromatic heterocycles. The second kappa shape index (κ2) is 7.82. The Morgan fingerprint density at radius 2 is 1.95 bits per heavy atom. The minimum absolute atomic E-state index is 0.160. The molecule has 0 atom stereocenters. The second-order valence-corrected chi connectivity index (χ2v) is 7.50. The van der Waals surface area contributed by atoms with Crippen LogP contribution in [0.3, 0.4) is 0 Å². The third-order valence-electron chi connectivity index (χ3n) is 2.58. The standard InChI is InChI=1S/C11H16BrCl2N3O2S/c1-15-6-3-7-17(2)20(18,19)16-9-5-4-8(12)10(13)11(9)14/h4-5,15-16H,3,6-7H2,1-2H3. The first-order valence-corrected chi connectivity index (χ1v) is 8.80. The van der Waals surface area contributed by atoms with Gasteiger partial charge in [-0.1, -0.05) is 23.2 Å². The lowest BCUT2D eigenvalue weighted by molar-refractivity contribution is 0.462. The highest BCUT2D eigenvalue weighted by molar-refractivity contribution is 9.10. The summed E-state index contributed by atoms with van der Waals surface area (Å²) in [7, 11) is -0.327. The zero-order valence-corrected chi connectivity index (χ0v) is 15.0. The van der Waals surface area contributed by atoms with Crippen molar-refractivity contribution < 1.29 is 8.42 Å². The van der Waals surface area contributed by atoms with Gasteiger partial charge < -0.3 is 5.32 Å². The van der Waals surface area contributed by atoms with Crippen LogP contribution in [0.15, 0.2) is 16.6 Å². The van der Waals surface area contributed by atoms with E-state index in [-0.39, 0.29) is 15.7 Å². The van der Waals surface area contributed by atoms with Crippen LogP contribution in [0.1, 0.15) is 6.42 Å². The average Bonchev–Trinajstić information content (AvgIpc) is 2.39. The molecular weight excluding hydrogens is 389 g/mol. The predicted octanol–water partition coefficient (Wildman–Crippen LogP) is 2.95. The molecule has 9 heteroatoms. The summed E-state index contributed by atoms with van der Waals surface area (Å²) >= 11 is 15.2. The molecule has 0 amide bonds. The monoisotopic (exact) mass is 403 g/mol. The van der Waals surface area contributed by atoms with Gasteiger partial charge in [0.15, 0.2) is 0 Å². The summed E-state index contributed by atoms with van der Waals surface area (Å²) in [5.74, 6) is 0. The molecule has 0 spiro atoms. The van der Waals surface area contributed by atoms with E-state index in [2.05, 4.69) is 26.0 Å². The summed E-state index contributed by atoms with van der Waals surface area (Å²) in [4.78, 5) is 0. The number of anilines is 1. The Morgan fingerprint density at radius 3 is 2.55 bits per heavy atom. The Bertz CT molecular complexity index is 569. The van der Waals surface area contributed by atoms with Crippen molar-refractivity contribution in [3.63, 3.8) is 0 Å². The van der Waals surface area contributed by atoms with Crippen LogP contribution in [-0.4, -0.2) is 39.9 Å². The van der Waals surface area contributed by atoms with Crippen LogP contribution < -0.4 is 10.0 Å². The lowest BCUT2D eigenvalue weighted by Gasteiger charge is -2.19. The number of halogens is 3. The van der Waals surface area contributed by atoms with Crippen molar-refractivity contribution in [1.82, 2.24) is 9.62 Å². The highest BCUT2D eigenvalue weighted by Crippen LogP contribution is 2.36. The Kier molecular flexibility index (Phi) is 7.03. The largest absolute Gasteiger partial charge is 0.320 e. The lowest BCUT2D eigenvalue weighted by Crippen LogP contribution is -2.34. The summed E-state index contributed by atoms with van der Waals surface area (Å²) in [6.45, 7) is 1.14. The third kappa shape index (κ3) is 4.75. The molecule has 0 heterocycles. The number of hydrogen-bond acceptors (Lipinski definition) is 3. The fourth-order valence-corrected chi connectivity index (χ4v) is 3.27. The lowest BCUT2D eigenvalue weighted by atomic mass is 10.3. The topological polar surface area (TPSA) is 61.4 Å². The van der Waals surface area contributed by atoms with E-state index in [1.54, 1.807) is 12.1 Å². The summed E-state index contributed by atoms with van der Waals surface area (Å²) in [6, 6.07) is 3.18. The van der Waals surface area contributed by atoms with Crippen LogP contribution in [0.25, 0.3) is 0 Å². The molecule has 1 rings (SSSR count). The molecule has 0 aliphatic rings. The molecule has 0 aliphatic heterocycles. The molecule has 1 aromatic rings. The van der Waals surface area contributed by atoms with Crippen LogP contribution in [0, 0.1) is 0 Å². The Morgan fingerprint density at radius 1 is 1.30 bits per heavy atom. The molecule has 0 radical (unpaired) electrons. The second-order valence-electron chi connectivity index (χ2n) is 4.11. The van der Waals surface area contributed by atoms with Crippen molar-refractivity contribution in [3.05, 3.63) is 26.7 Å². The van der Waals surface area contributed by atoms with E-state index in [1.807, 2.05) is 7.05 Å². The maximum absolute atomic E-state index is 12.1. The average molecular weight is 405 g/mol. The van der Waals surface area contributed by atoms with Gasteiger partial charge in [-0.3, -0.25) is 4.72 Å². The number of hydrogen-bond donors (Lipinski definition) is 2. The summed E-state index contributed by atoms with van der Waals surface area (Å²) < 4.78 is 28.5. The Labute approximate surface area is 137 Å². The van der Waals surface area contributed by atoms with E-state index < -0.39 is 10.2 Å². The van der Waals surface area contributed by atoms with Crippen molar-refractivity contribution >= 4 is 55.0 Å². The fourth-order valence-electron chi connectivity index (χ4n) is 1.42. The number of rotatable bonds is 7. The molecule has 1 aromatic carbocycles. The molecule has 114 valence electrons. The van der Waals surface area contributed by atoms with Gasteiger partial charge in [-0.05, 0) is 48.1 Å². The molecule has 0 unspecified atom stereocenters. The highest BCUT2D eigenvalue weighted by Gasteiger charge is 2.19. The first-order valence-electron chi connectivity index (χ1n) is 5.81. The van der Waals surface area contributed by atoms with Gasteiger partial charge in [0.05, 0.1) is 15.7 Å². The summed E-state index contributed by atoms with van der Waals surface area (Å²) in [5, 5.41) is 3.39. The van der Waals surface area contributed by atoms with E-state index in [1.165, 1.54) is 11.4 Å². The van der Waals surface area contributed by atoms with Gasteiger partial charge in [0.2, 0.25) is 0 Å². The first-order chi connectivity index (χ1) is 9.29. The van der Waals surface area contributed by atoms with Crippen LogP contribution in [0.2, 0.25) is 10.0 Å². The zero-order valence-electron chi connectivity index (χ0n) is 11.1. The summed E-state index contributed by atoms with van der Waals surface area (Å²) in [6.07, 6.45) is 0.711. The number of nitrogens with one attached hydrogen (secondary N) is 2. The molecular formula is C11H16BrCl2N3O2S. The number of benzene rings is 1. The first kappa shape index (κ1) is 18.0. The quantitative estimate of drug-likeness (QED) is 0.542. The minimum Gasteiger partial charge on any atom is -0.320 e. The molecule has 0 saturated heterocycles. The minimum atomic E-state index is -3.65. The maximum Gasteiger partial charge on any atom is 0.301 e. The van der Waals surface area contributed by atoms with Crippen molar-refractivity contribution in [2.24, 2.45) is 0 Å². The van der Waals surface area contributed by atoms with Crippen LogP contribution in [-0.2, 0) is 10.2 Å². The van der Waals surface area contributed by atoms with E-state index in [0.29, 0.717) is 17.4 Å². The molecule has 20 heavy (non-hydrogen) atoms. The van der Waals surface area contributed by atoms with Gasteiger partial charge in [0, 0.05) is 18.1 Å². The van der Waals surface area contributed by atoms with Crippen molar-refractivity contribution in [1.29, 1.82) is 0 Å². The fraction of sp³-hybridized carbons (Fsp3) is 0.455. The van der Waals surface area contributed by atoms with Crippen LogP contribution >= 0.6 is 39.1 Å². The molecule has 2 N–H and O–H groups in total. The van der Waals surface area contributed by atoms with Gasteiger partial charge >= 0.3 is 10.2 Å². The molecule has 0 aliphatic carbocycles. The van der Waals surface area contributed by atoms with Crippen molar-refractivity contribution in [2.45, 2.75) is 6.42 Å². The van der Waals surface area contributed by atoms with Gasteiger partial charge in [-0.15, -0.1) is 0 Å². The van der Waals surface area contributed by atoms with Gasteiger partial charge in [0.1, 0.15) is 0 Å².